The molecule has 0 atom stereocenters. The average Bonchev–Trinajstić information content (AvgIpc) is 2.92. The molecule has 8 heteroatoms. The Kier molecular flexibility index (Phi) is 5.51. The van der Waals surface area contributed by atoms with Crippen molar-refractivity contribution in [1.29, 1.82) is 0 Å². The van der Waals surface area contributed by atoms with Crippen LogP contribution in [0.5, 0.6) is 5.75 Å². The van der Waals surface area contributed by atoms with Crippen LogP contribution in [0.2, 0.25) is 5.02 Å². The predicted molar refractivity (Wildman–Crippen MR) is 78.3 cm³/mol. The molecule has 0 saturated carbocycles. The molecule has 0 spiro atoms. The molecule has 0 fully saturated rings. The summed E-state index contributed by atoms with van der Waals surface area (Å²) in [7, 11) is 0. The lowest BCUT2D eigenvalue weighted by atomic mass is 10.3. The van der Waals surface area contributed by atoms with Gasteiger partial charge in [-0.2, -0.15) is 4.80 Å². The molecule has 2 rings (SSSR count). The summed E-state index contributed by atoms with van der Waals surface area (Å²) < 4.78 is 5.31. The highest BCUT2D eigenvalue weighted by Gasteiger charge is 2.08. The van der Waals surface area contributed by atoms with Gasteiger partial charge in [0.05, 0.1) is 6.54 Å². The molecule has 0 bridgehead atoms. The van der Waals surface area contributed by atoms with Crippen molar-refractivity contribution >= 4 is 23.5 Å². The summed E-state index contributed by atoms with van der Waals surface area (Å²) in [4.78, 5) is 13.2. The maximum Gasteiger partial charge on any atom is 0.270 e. The number of tetrazole rings is 1. The molecule has 0 aliphatic rings. The molecule has 1 amide bonds. The van der Waals surface area contributed by atoms with E-state index in [-0.39, 0.29) is 18.5 Å². The molecular weight excluding hydrogens is 294 g/mol. The van der Waals surface area contributed by atoms with Crippen LogP contribution in [0.1, 0.15) is 19.8 Å². The zero-order chi connectivity index (χ0) is 15.1. The molecule has 0 aliphatic carbocycles. The monoisotopic (exact) mass is 309 g/mol. The Hall–Kier alpha value is -2.15. The van der Waals surface area contributed by atoms with Crippen LogP contribution in [-0.4, -0.2) is 32.7 Å². The highest BCUT2D eigenvalue weighted by atomic mass is 35.5. The van der Waals surface area contributed by atoms with Crippen LogP contribution >= 0.6 is 11.6 Å². The Balaban J connectivity index is 1.78. The number of aromatic nitrogens is 4. The first-order chi connectivity index (χ1) is 10.2. The van der Waals surface area contributed by atoms with Gasteiger partial charge >= 0.3 is 0 Å². The van der Waals surface area contributed by atoms with Crippen molar-refractivity contribution in [3.05, 3.63) is 29.3 Å². The van der Waals surface area contributed by atoms with Gasteiger partial charge in [0, 0.05) is 5.02 Å². The number of nitrogens with zero attached hydrogens (tertiary/aromatic N) is 4. The summed E-state index contributed by atoms with van der Waals surface area (Å²) in [6.45, 7) is 2.62. The van der Waals surface area contributed by atoms with Crippen LogP contribution in [0.15, 0.2) is 24.3 Å². The van der Waals surface area contributed by atoms with Crippen molar-refractivity contribution < 1.29 is 9.53 Å². The Morgan fingerprint density at radius 1 is 1.38 bits per heavy atom. The first-order valence-corrected chi connectivity index (χ1v) is 7.01. The van der Waals surface area contributed by atoms with E-state index in [1.54, 1.807) is 24.3 Å². The van der Waals surface area contributed by atoms with Gasteiger partial charge in [-0.15, -0.1) is 5.10 Å². The summed E-state index contributed by atoms with van der Waals surface area (Å²) in [5, 5.41) is 14.8. The number of carbonyl (C=O) groups is 1. The van der Waals surface area contributed by atoms with Crippen LogP contribution in [0.3, 0.4) is 0 Å². The number of hydrogen-bond acceptors (Lipinski definition) is 5. The van der Waals surface area contributed by atoms with Gasteiger partial charge in [0.25, 0.3) is 11.9 Å². The van der Waals surface area contributed by atoms with Crippen molar-refractivity contribution in [1.82, 2.24) is 20.2 Å². The van der Waals surface area contributed by atoms with Crippen LogP contribution in [0, 0.1) is 0 Å². The van der Waals surface area contributed by atoms with Gasteiger partial charge in [-0.1, -0.05) is 30.0 Å². The van der Waals surface area contributed by atoms with Crippen LogP contribution < -0.4 is 10.1 Å². The predicted octanol–water partition coefficient (Wildman–Crippen LogP) is 2.14. The fourth-order valence-corrected chi connectivity index (χ4v) is 1.65. The van der Waals surface area contributed by atoms with E-state index < -0.39 is 0 Å². The van der Waals surface area contributed by atoms with E-state index in [0.717, 1.165) is 12.8 Å². The second kappa shape index (κ2) is 7.58. The van der Waals surface area contributed by atoms with Crippen LogP contribution in [0.25, 0.3) is 0 Å². The van der Waals surface area contributed by atoms with E-state index in [1.165, 1.54) is 4.80 Å². The number of aryl methyl sites for hydroxylation is 1. The third-order valence-corrected chi connectivity index (χ3v) is 2.85. The Bertz CT molecular complexity index is 585. The number of rotatable bonds is 7. The minimum atomic E-state index is -0.347. The van der Waals surface area contributed by atoms with E-state index in [9.17, 15) is 4.79 Å². The third kappa shape index (κ3) is 5.03. The molecule has 0 radical (unpaired) electrons. The van der Waals surface area contributed by atoms with Crippen molar-refractivity contribution in [3.63, 3.8) is 0 Å². The number of ether oxygens (including phenoxy) is 1. The van der Waals surface area contributed by atoms with E-state index in [2.05, 4.69) is 27.7 Å². The summed E-state index contributed by atoms with van der Waals surface area (Å²) in [5.41, 5.74) is 0. The zero-order valence-corrected chi connectivity index (χ0v) is 12.4. The molecule has 1 aromatic carbocycles. The van der Waals surface area contributed by atoms with Crippen molar-refractivity contribution in [2.24, 2.45) is 0 Å². The van der Waals surface area contributed by atoms with Gasteiger partial charge in [-0.05, 0) is 35.9 Å². The maximum atomic E-state index is 11.7. The first-order valence-electron chi connectivity index (χ1n) is 6.63. The van der Waals surface area contributed by atoms with Gasteiger partial charge in [0.15, 0.2) is 6.61 Å². The van der Waals surface area contributed by atoms with Crippen molar-refractivity contribution in [2.75, 3.05) is 11.9 Å². The van der Waals surface area contributed by atoms with E-state index in [1.807, 2.05) is 0 Å². The fourth-order valence-electron chi connectivity index (χ4n) is 1.53. The summed E-state index contributed by atoms with van der Waals surface area (Å²) >= 11 is 5.76. The first kappa shape index (κ1) is 15.2. The van der Waals surface area contributed by atoms with Gasteiger partial charge in [0.2, 0.25) is 0 Å². The lowest BCUT2D eigenvalue weighted by Crippen LogP contribution is -2.21. The van der Waals surface area contributed by atoms with Crippen LogP contribution in [-0.2, 0) is 11.3 Å². The molecular formula is C13H16ClN5O2. The average molecular weight is 310 g/mol. The van der Waals surface area contributed by atoms with Crippen molar-refractivity contribution in [3.8, 4) is 5.75 Å². The van der Waals surface area contributed by atoms with Gasteiger partial charge in [-0.3, -0.25) is 10.1 Å². The summed E-state index contributed by atoms with van der Waals surface area (Å²) in [5.74, 6) is 0.393. The second-order valence-electron chi connectivity index (χ2n) is 4.35. The zero-order valence-electron chi connectivity index (χ0n) is 11.6. The van der Waals surface area contributed by atoms with Gasteiger partial charge < -0.3 is 4.74 Å². The Labute approximate surface area is 127 Å². The van der Waals surface area contributed by atoms with E-state index >= 15 is 0 Å². The van der Waals surface area contributed by atoms with Crippen molar-refractivity contribution in [2.45, 2.75) is 26.3 Å². The normalized spacial score (nSPS) is 10.4. The number of benzene rings is 1. The molecule has 112 valence electrons. The largest absolute Gasteiger partial charge is 0.484 e. The molecule has 0 aliphatic heterocycles. The van der Waals surface area contributed by atoms with Gasteiger partial charge in [-0.25, -0.2) is 0 Å². The Morgan fingerprint density at radius 3 is 2.86 bits per heavy atom. The van der Waals surface area contributed by atoms with E-state index in [0.29, 0.717) is 17.3 Å². The number of hydrogen-bond donors (Lipinski definition) is 1. The number of halogens is 1. The Morgan fingerprint density at radius 2 is 2.14 bits per heavy atom. The number of unbranched alkanes of at least 4 members (excludes halogenated alkanes) is 1. The van der Waals surface area contributed by atoms with E-state index in [4.69, 9.17) is 16.3 Å². The molecule has 7 nitrogen and oxygen atoms in total. The molecule has 0 unspecified atom stereocenters. The lowest BCUT2D eigenvalue weighted by molar-refractivity contribution is -0.118. The molecule has 2 aromatic rings. The molecule has 1 heterocycles. The quantitative estimate of drug-likeness (QED) is 0.847. The standard InChI is InChI=1S/C13H16ClN5O2/c1-2-3-8-19-17-13(16-18-19)15-12(20)9-21-11-6-4-10(14)5-7-11/h4-7H,2-3,8-9H2,1H3,(H,15,17,20). The molecule has 21 heavy (non-hydrogen) atoms. The second-order valence-corrected chi connectivity index (χ2v) is 4.79. The lowest BCUT2D eigenvalue weighted by Gasteiger charge is -2.05. The number of nitrogens with one attached hydrogen (secondary N) is 1. The van der Waals surface area contributed by atoms with Crippen LogP contribution in [0.4, 0.5) is 5.95 Å². The third-order valence-electron chi connectivity index (χ3n) is 2.60. The topological polar surface area (TPSA) is 81.9 Å². The fraction of sp³-hybridized carbons (Fsp3) is 0.385. The molecule has 0 saturated heterocycles. The maximum absolute atomic E-state index is 11.7. The SMILES string of the molecule is CCCCn1nnc(NC(=O)COc2ccc(Cl)cc2)n1. The number of anilines is 1. The summed E-state index contributed by atoms with van der Waals surface area (Å²) in [6, 6.07) is 6.76. The smallest absolute Gasteiger partial charge is 0.270 e. The number of carbonyl (C=O) groups excluding carboxylic acids is 1. The minimum Gasteiger partial charge on any atom is -0.484 e. The van der Waals surface area contributed by atoms with Gasteiger partial charge in [0.1, 0.15) is 5.75 Å². The number of amides is 1. The molecule has 1 N–H and O–H groups in total. The highest BCUT2D eigenvalue weighted by molar-refractivity contribution is 6.30. The molecule has 1 aromatic heterocycles. The highest BCUT2D eigenvalue weighted by Crippen LogP contribution is 2.15. The minimum absolute atomic E-state index is 0.134. The summed E-state index contributed by atoms with van der Waals surface area (Å²) in [6.07, 6.45) is 2.00.